The van der Waals surface area contributed by atoms with E-state index in [1.54, 1.807) is 13.0 Å². The van der Waals surface area contributed by atoms with Gasteiger partial charge in [0.15, 0.2) is 0 Å². The molecule has 20 heavy (non-hydrogen) atoms. The lowest BCUT2D eigenvalue weighted by Gasteiger charge is -2.42. The topological polar surface area (TPSA) is 67.6 Å². The highest BCUT2D eigenvalue weighted by Crippen LogP contribution is 2.20. The maximum Gasteiger partial charge on any atom is 0.289 e. The van der Waals surface area contributed by atoms with Crippen LogP contribution in [0.3, 0.4) is 0 Å². The molecule has 6 nitrogen and oxygen atoms in total. The Kier molecular flexibility index (Phi) is 4.77. The van der Waals surface area contributed by atoms with Crippen LogP contribution in [0, 0.1) is 6.92 Å². The fraction of sp³-hybridized carbons (Fsp3) is 0.714. The zero-order chi connectivity index (χ0) is 14.6. The third kappa shape index (κ3) is 3.37. The van der Waals surface area contributed by atoms with Gasteiger partial charge in [0.25, 0.3) is 5.91 Å². The van der Waals surface area contributed by atoms with E-state index in [0.29, 0.717) is 12.2 Å². The number of ether oxygens (including phenoxy) is 1. The molecule has 2 heterocycles. The highest BCUT2D eigenvalue weighted by atomic mass is 16.5. The molecule has 0 saturated carbocycles. The van der Waals surface area contributed by atoms with Gasteiger partial charge in [0.2, 0.25) is 5.76 Å². The van der Waals surface area contributed by atoms with Gasteiger partial charge in [-0.3, -0.25) is 9.69 Å². The Morgan fingerprint density at radius 2 is 2.20 bits per heavy atom. The highest BCUT2D eigenvalue weighted by molar-refractivity contribution is 5.91. The van der Waals surface area contributed by atoms with E-state index >= 15 is 0 Å². The van der Waals surface area contributed by atoms with Gasteiger partial charge in [-0.1, -0.05) is 12.1 Å². The molecule has 0 radical (unpaired) electrons. The predicted molar refractivity (Wildman–Crippen MR) is 74.7 cm³/mol. The SMILES string of the molecule is CC[C@@](C)(CNC(=O)c1cc(C)no1)N1CCOCC1. The molecule has 0 aromatic carbocycles. The lowest BCUT2D eigenvalue weighted by Crippen LogP contribution is -2.56. The van der Waals surface area contributed by atoms with Gasteiger partial charge in [0.05, 0.1) is 18.9 Å². The van der Waals surface area contributed by atoms with Crippen LogP contribution in [-0.4, -0.2) is 54.4 Å². The van der Waals surface area contributed by atoms with Crippen LogP contribution >= 0.6 is 0 Å². The number of hydrogen-bond donors (Lipinski definition) is 1. The van der Waals surface area contributed by atoms with Crippen LogP contribution in [0.25, 0.3) is 0 Å². The second-order valence-electron chi connectivity index (χ2n) is 5.47. The molecule has 1 fully saturated rings. The Morgan fingerprint density at radius 3 is 2.75 bits per heavy atom. The van der Waals surface area contributed by atoms with Crippen LogP contribution in [0.4, 0.5) is 0 Å². The minimum Gasteiger partial charge on any atom is -0.379 e. The Morgan fingerprint density at radius 1 is 1.50 bits per heavy atom. The largest absolute Gasteiger partial charge is 0.379 e. The zero-order valence-corrected chi connectivity index (χ0v) is 12.4. The molecule has 1 aromatic heterocycles. The highest BCUT2D eigenvalue weighted by Gasteiger charge is 2.32. The number of carbonyl (C=O) groups excluding carboxylic acids is 1. The maximum atomic E-state index is 12.0. The average Bonchev–Trinajstić information content (AvgIpc) is 2.92. The molecule has 112 valence electrons. The van der Waals surface area contributed by atoms with Crippen LogP contribution in [0.2, 0.25) is 0 Å². The minimum absolute atomic E-state index is 0.0610. The summed E-state index contributed by atoms with van der Waals surface area (Å²) >= 11 is 0. The first-order valence-corrected chi connectivity index (χ1v) is 7.09. The fourth-order valence-electron chi connectivity index (χ4n) is 2.39. The number of amides is 1. The van der Waals surface area contributed by atoms with Crippen LogP contribution < -0.4 is 5.32 Å². The summed E-state index contributed by atoms with van der Waals surface area (Å²) in [5, 5.41) is 6.68. The number of nitrogens with one attached hydrogen (secondary N) is 1. The second kappa shape index (κ2) is 6.37. The van der Waals surface area contributed by atoms with E-state index in [1.165, 1.54) is 0 Å². The van der Waals surface area contributed by atoms with Gasteiger partial charge in [-0.15, -0.1) is 0 Å². The second-order valence-corrected chi connectivity index (χ2v) is 5.47. The molecule has 2 rings (SSSR count). The van der Waals surface area contributed by atoms with Gasteiger partial charge in [0.1, 0.15) is 0 Å². The summed E-state index contributed by atoms with van der Waals surface area (Å²) in [5.41, 5.74) is 0.649. The fourth-order valence-corrected chi connectivity index (χ4v) is 2.39. The van der Waals surface area contributed by atoms with Crippen LogP contribution in [0.5, 0.6) is 0 Å². The van der Waals surface area contributed by atoms with Crippen molar-refractivity contribution >= 4 is 5.91 Å². The van der Waals surface area contributed by atoms with Crippen molar-refractivity contribution in [3.63, 3.8) is 0 Å². The summed E-state index contributed by atoms with van der Waals surface area (Å²) in [4.78, 5) is 14.4. The molecule has 1 aromatic rings. The van der Waals surface area contributed by atoms with E-state index in [1.807, 2.05) is 0 Å². The molecule has 0 unspecified atom stereocenters. The molecular weight excluding hydrogens is 258 g/mol. The number of morpholine rings is 1. The van der Waals surface area contributed by atoms with Crippen molar-refractivity contribution in [2.75, 3.05) is 32.8 Å². The third-order valence-corrected chi connectivity index (χ3v) is 4.02. The number of hydrogen-bond acceptors (Lipinski definition) is 5. The minimum atomic E-state index is -0.210. The smallest absolute Gasteiger partial charge is 0.289 e. The van der Waals surface area contributed by atoms with Gasteiger partial charge in [0, 0.05) is 31.2 Å². The summed E-state index contributed by atoms with van der Waals surface area (Å²) in [6, 6.07) is 1.65. The third-order valence-electron chi connectivity index (χ3n) is 4.02. The monoisotopic (exact) mass is 281 g/mol. The lowest BCUT2D eigenvalue weighted by atomic mass is 9.95. The molecule has 0 bridgehead atoms. The first kappa shape index (κ1) is 15.0. The number of aromatic nitrogens is 1. The van der Waals surface area contributed by atoms with Crippen molar-refractivity contribution in [1.82, 2.24) is 15.4 Å². The van der Waals surface area contributed by atoms with E-state index in [2.05, 4.69) is 29.2 Å². The number of rotatable bonds is 5. The Balaban J connectivity index is 1.94. The van der Waals surface area contributed by atoms with Gasteiger partial charge >= 0.3 is 0 Å². The van der Waals surface area contributed by atoms with Gasteiger partial charge in [-0.05, 0) is 20.3 Å². The molecule has 1 N–H and O–H groups in total. The molecule has 6 heteroatoms. The predicted octanol–water partition coefficient (Wildman–Crippen LogP) is 1.21. The molecule has 1 amide bonds. The normalized spacial score (nSPS) is 19.6. The summed E-state index contributed by atoms with van der Waals surface area (Å²) < 4.78 is 10.4. The zero-order valence-electron chi connectivity index (χ0n) is 12.4. The standard InChI is InChI=1S/C14H23N3O3/c1-4-14(3,17-5-7-19-8-6-17)10-15-13(18)12-9-11(2)16-20-12/h9H,4-8,10H2,1-3H3,(H,15,18)/t14-/m0/s1. The molecule has 1 atom stereocenters. The van der Waals surface area contributed by atoms with Crippen molar-refractivity contribution in [2.45, 2.75) is 32.7 Å². The lowest BCUT2D eigenvalue weighted by molar-refractivity contribution is -0.0170. The molecule has 0 aliphatic carbocycles. The van der Waals surface area contributed by atoms with Crippen LogP contribution in [0.15, 0.2) is 10.6 Å². The Labute approximate surface area is 119 Å². The molecule has 0 spiro atoms. The van der Waals surface area contributed by atoms with E-state index in [9.17, 15) is 4.79 Å². The van der Waals surface area contributed by atoms with Crippen molar-refractivity contribution in [3.05, 3.63) is 17.5 Å². The van der Waals surface area contributed by atoms with Gasteiger partial charge < -0.3 is 14.6 Å². The average molecular weight is 281 g/mol. The summed E-state index contributed by atoms with van der Waals surface area (Å²) in [6.07, 6.45) is 0.961. The Bertz CT molecular complexity index is 454. The first-order valence-electron chi connectivity index (χ1n) is 7.09. The van der Waals surface area contributed by atoms with Crippen molar-refractivity contribution in [3.8, 4) is 0 Å². The van der Waals surface area contributed by atoms with E-state index in [-0.39, 0.29) is 17.2 Å². The molecule has 1 saturated heterocycles. The number of aryl methyl sites for hydroxylation is 1. The Hall–Kier alpha value is -1.40. The van der Waals surface area contributed by atoms with Crippen LogP contribution in [-0.2, 0) is 4.74 Å². The molecule has 1 aliphatic heterocycles. The van der Waals surface area contributed by atoms with Crippen LogP contribution in [0.1, 0.15) is 36.5 Å². The van der Waals surface area contributed by atoms with Gasteiger partial charge in [-0.25, -0.2) is 0 Å². The quantitative estimate of drug-likeness (QED) is 0.878. The van der Waals surface area contributed by atoms with E-state index in [4.69, 9.17) is 9.26 Å². The van der Waals surface area contributed by atoms with Gasteiger partial charge in [-0.2, -0.15) is 0 Å². The summed E-state index contributed by atoms with van der Waals surface area (Å²) in [5.74, 6) is 0.0569. The van der Waals surface area contributed by atoms with E-state index < -0.39 is 0 Å². The molecule has 1 aliphatic rings. The van der Waals surface area contributed by atoms with E-state index in [0.717, 1.165) is 32.7 Å². The number of nitrogens with zero attached hydrogens (tertiary/aromatic N) is 2. The van der Waals surface area contributed by atoms with Crippen molar-refractivity contribution in [2.24, 2.45) is 0 Å². The molecular formula is C14H23N3O3. The van der Waals surface area contributed by atoms with Crippen molar-refractivity contribution < 1.29 is 14.1 Å². The summed E-state index contributed by atoms with van der Waals surface area (Å²) in [7, 11) is 0. The summed E-state index contributed by atoms with van der Waals surface area (Å²) in [6.45, 7) is 10.0. The first-order chi connectivity index (χ1) is 9.55. The van der Waals surface area contributed by atoms with Crippen molar-refractivity contribution in [1.29, 1.82) is 0 Å². The number of carbonyl (C=O) groups is 1. The maximum absolute atomic E-state index is 12.0.